The minimum atomic E-state index is -0.374. The summed E-state index contributed by atoms with van der Waals surface area (Å²) < 4.78 is 4.71. The monoisotopic (exact) mass is 309 g/mol. The number of benzene rings is 1. The van der Waals surface area contributed by atoms with E-state index in [9.17, 15) is 9.59 Å². The Bertz CT molecular complexity index is 512. The average Bonchev–Trinajstić information content (AvgIpc) is 2.98. The topological polar surface area (TPSA) is 46.6 Å². The fraction of sp³-hybridized carbons (Fsp3) is 0.500. The molecular weight excluding hydrogens is 290 g/mol. The Balaban J connectivity index is 2.07. The number of hydrogen-bond acceptors (Lipinski definition) is 3. The quantitative estimate of drug-likeness (QED) is 0.786. The molecule has 1 saturated carbocycles. The van der Waals surface area contributed by atoms with Crippen molar-refractivity contribution in [1.29, 1.82) is 0 Å². The van der Waals surface area contributed by atoms with Gasteiger partial charge in [-0.1, -0.05) is 36.6 Å². The lowest BCUT2D eigenvalue weighted by Gasteiger charge is -2.28. The number of amides is 1. The van der Waals surface area contributed by atoms with Gasteiger partial charge in [-0.15, -0.1) is 0 Å². The summed E-state index contributed by atoms with van der Waals surface area (Å²) in [5.41, 5.74) is 0.861. The second-order valence-corrected chi connectivity index (χ2v) is 5.78. The predicted octanol–water partition coefficient (Wildman–Crippen LogP) is 2.83. The molecule has 1 aliphatic rings. The largest absolute Gasteiger partial charge is 0.468 e. The van der Waals surface area contributed by atoms with E-state index in [0.717, 1.165) is 31.2 Å². The third-order valence-corrected chi connectivity index (χ3v) is 4.09. The number of carbonyl (C=O) groups is 2. The Hall–Kier alpha value is -1.55. The molecule has 1 amide bonds. The molecule has 1 aromatic carbocycles. The summed E-state index contributed by atoms with van der Waals surface area (Å²) in [5.74, 6) is -0.420. The smallest absolute Gasteiger partial charge is 0.325 e. The molecule has 0 aromatic heterocycles. The molecule has 0 N–H and O–H groups in total. The standard InChI is InChI=1S/C16H20ClNO3/c1-21-16(20)11-18(14-7-2-3-8-14)15(19)10-12-5-4-6-13(17)9-12/h4-6,9,14H,2-3,7-8,10-11H2,1H3. The lowest BCUT2D eigenvalue weighted by atomic mass is 10.1. The molecule has 5 heteroatoms. The molecule has 1 fully saturated rings. The number of nitrogens with zero attached hydrogens (tertiary/aromatic N) is 1. The van der Waals surface area contributed by atoms with Gasteiger partial charge in [0.05, 0.1) is 13.5 Å². The van der Waals surface area contributed by atoms with Crippen molar-refractivity contribution in [2.45, 2.75) is 38.1 Å². The lowest BCUT2D eigenvalue weighted by molar-refractivity contribution is -0.148. The van der Waals surface area contributed by atoms with Gasteiger partial charge in [0.25, 0.3) is 0 Å². The summed E-state index contributed by atoms with van der Waals surface area (Å²) in [6, 6.07) is 7.40. The molecule has 1 aromatic rings. The first-order chi connectivity index (χ1) is 10.1. The van der Waals surface area contributed by atoms with E-state index < -0.39 is 0 Å². The highest BCUT2D eigenvalue weighted by molar-refractivity contribution is 6.30. The van der Waals surface area contributed by atoms with Crippen LogP contribution < -0.4 is 0 Å². The van der Waals surface area contributed by atoms with Crippen LogP contribution in [0, 0.1) is 0 Å². The van der Waals surface area contributed by atoms with Gasteiger partial charge in [-0.25, -0.2) is 0 Å². The van der Waals surface area contributed by atoms with E-state index in [0.29, 0.717) is 5.02 Å². The zero-order valence-electron chi connectivity index (χ0n) is 12.2. The third-order valence-electron chi connectivity index (χ3n) is 3.86. The number of ether oxygens (including phenoxy) is 1. The fourth-order valence-electron chi connectivity index (χ4n) is 2.76. The molecular formula is C16H20ClNO3. The Labute approximate surface area is 130 Å². The number of halogens is 1. The molecule has 2 rings (SSSR count). The highest BCUT2D eigenvalue weighted by Gasteiger charge is 2.28. The molecule has 0 spiro atoms. The van der Waals surface area contributed by atoms with Crippen molar-refractivity contribution in [3.8, 4) is 0 Å². The molecule has 1 aliphatic carbocycles. The second kappa shape index (κ2) is 7.46. The molecule has 4 nitrogen and oxygen atoms in total. The summed E-state index contributed by atoms with van der Waals surface area (Å²) in [4.78, 5) is 25.8. The van der Waals surface area contributed by atoms with Gasteiger partial charge in [-0.2, -0.15) is 0 Å². The minimum absolute atomic E-state index is 0.0283. The van der Waals surface area contributed by atoms with Crippen molar-refractivity contribution in [3.05, 3.63) is 34.9 Å². The predicted molar refractivity (Wildman–Crippen MR) is 81.1 cm³/mol. The van der Waals surface area contributed by atoms with Crippen LogP contribution in [0.2, 0.25) is 5.02 Å². The van der Waals surface area contributed by atoms with Crippen molar-refractivity contribution in [1.82, 2.24) is 4.90 Å². The number of methoxy groups -OCH3 is 1. The van der Waals surface area contributed by atoms with E-state index in [-0.39, 0.29) is 30.9 Å². The van der Waals surface area contributed by atoms with Crippen molar-refractivity contribution in [3.63, 3.8) is 0 Å². The van der Waals surface area contributed by atoms with Crippen LogP contribution >= 0.6 is 11.6 Å². The number of hydrogen-bond donors (Lipinski definition) is 0. The first-order valence-electron chi connectivity index (χ1n) is 7.21. The van der Waals surface area contributed by atoms with Crippen LogP contribution in [-0.4, -0.2) is 36.5 Å². The Morgan fingerprint density at radius 3 is 2.67 bits per heavy atom. The first kappa shape index (κ1) is 15.8. The SMILES string of the molecule is COC(=O)CN(C(=O)Cc1cccc(Cl)c1)C1CCCC1. The third kappa shape index (κ3) is 4.46. The van der Waals surface area contributed by atoms with E-state index in [1.165, 1.54) is 7.11 Å². The lowest BCUT2D eigenvalue weighted by Crippen LogP contribution is -2.43. The molecule has 0 bridgehead atoms. The normalized spacial score (nSPS) is 15.0. The summed E-state index contributed by atoms with van der Waals surface area (Å²) in [6.07, 6.45) is 4.38. The Morgan fingerprint density at radius 1 is 1.33 bits per heavy atom. The van der Waals surface area contributed by atoms with Crippen molar-refractivity contribution >= 4 is 23.5 Å². The molecule has 114 valence electrons. The highest BCUT2D eigenvalue weighted by atomic mass is 35.5. The maximum absolute atomic E-state index is 12.5. The number of carbonyl (C=O) groups excluding carboxylic acids is 2. The number of esters is 1. The van der Waals surface area contributed by atoms with Gasteiger partial charge in [-0.05, 0) is 30.5 Å². The summed E-state index contributed by atoms with van der Waals surface area (Å²) in [6.45, 7) is 0.0283. The van der Waals surface area contributed by atoms with Crippen LogP contribution in [0.4, 0.5) is 0 Å². The van der Waals surface area contributed by atoms with Crippen LogP contribution in [-0.2, 0) is 20.7 Å². The van der Waals surface area contributed by atoms with Crippen LogP contribution in [0.1, 0.15) is 31.2 Å². The van der Waals surface area contributed by atoms with E-state index in [4.69, 9.17) is 16.3 Å². The minimum Gasteiger partial charge on any atom is -0.468 e. The van der Waals surface area contributed by atoms with Gasteiger partial charge in [0.2, 0.25) is 5.91 Å². The van der Waals surface area contributed by atoms with E-state index >= 15 is 0 Å². The second-order valence-electron chi connectivity index (χ2n) is 5.34. The average molecular weight is 310 g/mol. The molecule has 0 unspecified atom stereocenters. The first-order valence-corrected chi connectivity index (χ1v) is 7.58. The zero-order valence-corrected chi connectivity index (χ0v) is 12.9. The Morgan fingerprint density at radius 2 is 2.05 bits per heavy atom. The maximum Gasteiger partial charge on any atom is 0.325 e. The van der Waals surface area contributed by atoms with Gasteiger partial charge in [0.15, 0.2) is 0 Å². The summed E-state index contributed by atoms with van der Waals surface area (Å²) in [5, 5.41) is 0.612. The van der Waals surface area contributed by atoms with Crippen LogP contribution in [0.15, 0.2) is 24.3 Å². The van der Waals surface area contributed by atoms with Crippen molar-refractivity contribution in [2.24, 2.45) is 0 Å². The van der Waals surface area contributed by atoms with E-state index in [2.05, 4.69) is 0 Å². The molecule has 0 heterocycles. The molecule has 0 saturated heterocycles. The summed E-state index contributed by atoms with van der Waals surface area (Å²) >= 11 is 5.94. The van der Waals surface area contributed by atoms with Gasteiger partial charge in [-0.3, -0.25) is 9.59 Å². The number of rotatable bonds is 5. The van der Waals surface area contributed by atoms with Crippen LogP contribution in [0.5, 0.6) is 0 Å². The fourth-order valence-corrected chi connectivity index (χ4v) is 2.98. The van der Waals surface area contributed by atoms with Crippen LogP contribution in [0.3, 0.4) is 0 Å². The Kier molecular flexibility index (Phi) is 5.62. The van der Waals surface area contributed by atoms with Crippen molar-refractivity contribution < 1.29 is 14.3 Å². The van der Waals surface area contributed by atoms with Crippen LogP contribution in [0.25, 0.3) is 0 Å². The van der Waals surface area contributed by atoms with Crippen molar-refractivity contribution in [2.75, 3.05) is 13.7 Å². The van der Waals surface area contributed by atoms with Gasteiger partial charge in [0.1, 0.15) is 6.54 Å². The van der Waals surface area contributed by atoms with Gasteiger partial charge >= 0.3 is 5.97 Å². The molecule has 0 aliphatic heterocycles. The van der Waals surface area contributed by atoms with E-state index in [1.807, 2.05) is 12.1 Å². The molecule has 0 radical (unpaired) electrons. The van der Waals surface area contributed by atoms with Gasteiger partial charge in [0, 0.05) is 11.1 Å². The van der Waals surface area contributed by atoms with Gasteiger partial charge < -0.3 is 9.64 Å². The zero-order chi connectivity index (χ0) is 15.2. The highest BCUT2D eigenvalue weighted by Crippen LogP contribution is 2.24. The summed E-state index contributed by atoms with van der Waals surface area (Å²) in [7, 11) is 1.34. The maximum atomic E-state index is 12.5. The van der Waals surface area contributed by atoms with E-state index in [1.54, 1.807) is 17.0 Å². The molecule has 0 atom stereocenters. The molecule has 21 heavy (non-hydrogen) atoms.